The summed E-state index contributed by atoms with van der Waals surface area (Å²) in [6, 6.07) is 132. The Labute approximate surface area is 911 Å². The van der Waals surface area contributed by atoms with E-state index in [9.17, 15) is 0 Å². The molecule has 0 fully saturated rings. The Kier molecular flexibility index (Phi) is 25.6. The molecule has 10 nitrogen and oxygen atoms in total. The molecule has 150 heavy (non-hydrogen) atoms. The topological polar surface area (TPSA) is 44.0 Å². The van der Waals surface area contributed by atoms with Crippen molar-refractivity contribution in [1.82, 2.24) is 22.8 Å². The van der Waals surface area contributed by atoms with Crippen molar-refractivity contribution >= 4 is 55.2 Å². The summed E-state index contributed by atoms with van der Waals surface area (Å²) in [5.41, 5.74) is 38.7. The third-order valence-electron chi connectivity index (χ3n) is 29.6. The van der Waals surface area contributed by atoms with Crippen molar-refractivity contribution in [2.45, 2.75) is 186 Å². The van der Waals surface area contributed by atoms with E-state index in [1.54, 1.807) is 36.4 Å². The highest BCUT2D eigenvalue weighted by Crippen LogP contribution is 2.44. The summed E-state index contributed by atoms with van der Waals surface area (Å²) in [6.07, 6.45) is 0. The molecule has 0 spiro atoms. The second-order valence-corrected chi connectivity index (χ2v) is 41.0. The van der Waals surface area contributed by atoms with Gasteiger partial charge in [-0.05, 0) is 260 Å². The molecule has 0 N–H and O–H groups in total. The van der Waals surface area contributed by atoms with Crippen LogP contribution in [0.5, 0.6) is 0 Å². The van der Waals surface area contributed by atoms with E-state index < -0.39 is 45.1 Å². The van der Waals surface area contributed by atoms with E-state index >= 15 is 0 Å². The Morgan fingerprint density at radius 2 is 0.513 bits per heavy atom. The predicted octanol–water partition coefficient (Wildman–Crippen LogP) is 34.0. The number of benzene rings is 17. The van der Waals surface area contributed by atoms with Crippen LogP contribution in [0.25, 0.3) is 163 Å². The molecule has 22 aromatic rings. The fourth-order valence-corrected chi connectivity index (χ4v) is 21.9. The Hall–Kier alpha value is -15.9. The van der Waals surface area contributed by atoms with Crippen molar-refractivity contribution in [1.29, 1.82) is 0 Å². The van der Waals surface area contributed by atoms with Crippen molar-refractivity contribution in [3.8, 4) is 108 Å². The van der Waals surface area contributed by atoms with Crippen molar-refractivity contribution in [3.63, 3.8) is 0 Å². The highest BCUT2D eigenvalue weighted by Gasteiger charge is 2.38. The third-order valence-corrected chi connectivity index (χ3v) is 29.6. The first-order valence-corrected chi connectivity index (χ1v) is 52.3. The molecule has 0 saturated heterocycles. The maximum atomic E-state index is 9.01. The zero-order chi connectivity index (χ0) is 119. The molecule has 22 rings (SSSR count). The van der Waals surface area contributed by atoms with Gasteiger partial charge >= 0.3 is 0 Å². The Morgan fingerprint density at radius 3 is 0.920 bits per heavy atom. The van der Waals surface area contributed by atoms with Crippen LogP contribution < -0.4 is 22.8 Å². The van der Waals surface area contributed by atoms with Crippen LogP contribution in [-0.4, -0.2) is 22.8 Å². The first kappa shape index (κ1) is 86.1. The highest BCUT2D eigenvalue weighted by atomic mass is 15.2. The molecule has 17 aromatic carbocycles. The minimum absolute atomic E-state index is 0.129. The molecule has 0 aliphatic heterocycles. The minimum Gasteiger partial charge on any atom is -0.225 e. The Bertz CT molecular complexity index is 9270. The number of fused-ring (bicyclic) bond motifs is 5. The second kappa shape index (κ2) is 44.6. The number of aromatic nitrogens is 10. The number of nitrogens with zero attached hydrogens (tertiary/aromatic N) is 10. The lowest BCUT2D eigenvalue weighted by Crippen LogP contribution is -2.36. The fourth-order valence-electron chi connectivity index (χ4n) is 21.9. The monoisotopic (exact) mass is 1990 g/mol. The van der Waals surface area contributed by atoms with Gasteiger partial charge in [-0.25, -0.2) is 22.8 Å². The summed E-state index contributed by atoms with van der Waals surface area (Å²) < 4.78 is 146. The zero-order valence-corrected chi connectivity index (χ0v) is 90.7. The summed E-state index contributed by atoms with van der Waals surface area (Å²) in [7, 11) is 10.4. The van der Waals surface area contributed by atoms with Crippen LogP contribution in [0.1, 0.15) is 237 Å². The lowest BCUT2D eigenvalue weighted by molar-refractivity contribution is -0.634. The van der Waals surface area contributed by atoms with Gasteiger partial charge in [-0.3, -0.25) is 0 Å². The second-order valence-electron chi connectivity index (χ2n) is 41.0. The molecule has 3 atom stereocenters. The van der Waals surface area contributed by atoms with Crippen LogP contribution in [0.15, 0.2) is 388 Å². The number of hydrogen-bond donors (Lipinski definition) is 0. The molecule has 754 valence electrons. The summed E-state index contributed by atoms with van der Waals surface area (Å²) in [4.78, 5) is 0. The van der Waals surface area contributed by atoms with E-state index in [-0.39, 0.29) is 16.8 Å². The van der Waals surface area contributed by atoms with Gasteiger partial charge in [-0.2, -0.15) is 22.8 Å². The van der Waals surface area contributed by atoms with Gasteiger partial charge < -0.3 is 0 Å². The van der Waals surface area contributed by atoms with Gasteiger partial charge in [0.2, 0.25) is 0 Å². The molecule has 5 heterocycles. The van der Waals surface area contributed by atoms with E-state index in [0.717, 1.165) is 83.9 Å². The number of hydrogen-bond acceptors (Lipinski definition) is 0. The van der Waals surface area contributed by atoms with Gasteiger partial charge in [-0.1, -0.05) is 376 Å². The number of imidazole rings is 5. The van der Waals surface area contributed by atoms with Gasteiger partial charge in [0, 0.05) is 59.5 Å². The number of aryl methyl sites for hydroxylation is 12. The minimum atomic E-state index is -2.72. The average Bonchev–Trinajstić information content (AvgIpc) is 1.65. The SMILES string of the molecule is Cc1ccccc1-c1n(-c2c(C(C)C)cccc2C(C)C)c2cc(-c3ccccc3)ccc2[n+]1C.Cc1ccccc1-c1n(C)c2cc(-c3ccccc3)ccc2[n+]1-c1c(C(C)C)cccc1C(C)C.[2H]C([2H])([2H])C([2H])(C)c1cccc(C([2H])(C)C([2H])([2H])[2H])c1-n1c(-c2ccccc2C)[n+](C)c2ccccc21.[2H]C([2H])([2H])C([2H])(C)c1ccccc1-n1c(-c2ccccc2C)[n+](C)c2ccccc21.[2H]C([2H])([2H])c1cccc(C)c1-n1c(-c2ccccc2C)[n+](C)c2ccccc21. The van der Waals surface area contributed by atoms with Gasteiger partial charge in [-0.15, -0.1) is 0 Å². The molecule has 0 amide bonds. The standard InChI is InChI=1S/2C33H35N2.C27H31N2.C24H25N2.C23H23N2/c1-22(2)27-17-12-18-28(23(3)4)32(27)35-30-20-19-26(25-14-8-7-9-15-25)21-31(30)34(6)33(35)29-16-11-10-13-24(29)5;1-22(2)27-17-12-18-28(23(3)4)32(27)35-31-21-26(25-14-8-7-9-15-25)19-20-30(31)34(6)33(35)29-16-11-10-13-24(29)5;1-18(2)21-14-11-15-22(19(3)4)26(21)29-25-17-10-9-16-24(25)28(6)27(29)23-13-8-7-12-20(23)5;1-17(2)19-12-7-8-14-21(19)26-23-16-10-9-15-22(23)25(4)24(26)20-13-6-5-11-18(20)3;1-16-10-5-6-13-19(16)23-24(4)20-14-7-8-15-21(20)25(23)22-17(2)11-9-12-18(22)3/h2*7-23H,1-6H3;7-19H,1-6H3;5-17H,1-4H3;5-15H,1-4H3/q5*+1/i;;1D3,3D3,18D,19D;1D3,17D;2D3. The molecule has 10 heteroatoms. The van der Waals surface area contributed by atoms with Crippen molar-refractivity contribution in [2.75, 3.05) is 0 Å². The Morgan fingerprint density at radius 1 is 0.227 bits per heavy atom. The molecule has 5 aromatic heterocycles. The molecular weight excluding hydrogens is 1820 g/mol. The summed E-state index contributed by atoms with van der Waals surface area (Å²) in [6.45, 7) is 25.0. The van der Waals surface area contributed by atoms with Crippen LogP contribution in [0.2, 0.25) is 0 Å². The highest BCUT2D eigenvalue weighted by molar-refractivity contribution is 5.89. The van der Waals surface area contributed by atoms with Crippen LogP contribution in [-0.2, 0) is 35.2 Å². The normalized spacial score (nSPS) is 14.5. The average molecular weight is 1990 g/mol. The molecule has 0 aliphatic carbocycles. The summed E-state index contributed by atoms with van der Waals surface area (Å²) in [5.74, 6) is 0.777. The van der Waals surface area contributed by atoms with E-state index in [1.807, 2.05) is 178 Å². The molecule has 0 saturated carbocycles. The van der Waals surface area contributed by atoms with E-state index in [2.05, 4.69) is 352 Å². The quantitative estimate of drug-likeness (QED) is 0.0725. The lowest BCUT2D eigenvalue weighted by atomic mass is 9.92. The maximum absolute atomic E-state index is 9.01. The fraction of sp³-hybridized carbons (Fsp3) is 0.236. The van der Waals surface area contributed by atoms with Crippen molar-refractivity contribution < 1.29 is 43.4 Å². The van der Waals surface area contributed by atoms with Gasteiger partial charge in [0.15, 0.2) is 55.2 Å². The van der Waals surface area contributed by atoms with Crippen LogP contribution in [0.4, 0.5) is 0 Å². The van der Waals surface area contributed by atoms with Crippen LogP contribution in [0.3, 0.4) is 0 Å². The smallest absolute Gasteiger partial charge is 0.225 e. The van der Waals surface area contributed by atoms with Gasteiger partial charge in [0.25, 0.3) is 29.1 Å². The first-order valence-electron chi connectivity index (χ1n) is 59.8. The molecule has 3 unspecified atom stereocenters. The largest absolute Gasteiger partial charge is 0.295 e. The maximum Gasteiger partial charge on any atom is 0.295 e. The zero-order valence-electron chi connectivity index (χ0n) is 106. The van der Waals surface area contributed by atoms with Crippen LogP contribution in [0, 0.1) is 48.4 Å². The molecule has 0 bridgehead atoms. The molecule has 0 radical (unpaired) electrons. The van der Waals surface area contributed by atoms with E-state index in [0.29, 0.717) is 51.8 Å². The van der Waals surface area contributed by atoms with E-state index in [1.165, 1.54) is 133 Å². The molecule has 0 aliphatic rings. The first-order chi connectivity index (χ1) is 78.2. The van der Waals surface area contributed by atoms with Crippen LogP contribution >= 0.6 is 0 Å². The van der Waals surface area contributed by atoms with Gasteiger partial charge in [0.05, 0.1) is 63.1 Å². The molecular formula is C140H149N10+5. The number of para-hydroxylation sites is 11. The summed E-state index contributed by atoms with van der Waals surface area (Å²) in [5, 5.41) is 0. The predicted molar refractivity (Wildman–Crippen MR) is 632 cm³/mol. The van der Waals surface area contributed by atoms with E-state index in [4.69, 9.17) is 20.6 Å². The number of rotatable bonds is 19. The van der Waals surface area contributed by atoms with Crippen molar-refractivity contribution in [3.05, 3.63) is 466 Å². The summed E-state index contributed by atoms with van der Waals surface area (Å²) >= 11 is 0. The Balaban J connectivity index is 0.000000132. The van der Waals surface area contributed by atoms with Gasteiger partial charge in [0.1, 0.15) is 28.4 Å². The third kappa shape index (κ3) is 20.0. The van der Waals surface area contributed by atoms with Crippen molar-refractivity contribution in [2.24, 2.45) is 35.2 Å². The lowest BCUT2D eigenvalue weighted by Gasteiger charge is -2.18.